The van der Waals surface area contributed by atoms with E-state index in [4.69, 9.17) is 4.98 Å². The van der Waals surface area contributed by atoms with Gasteiger partial charge in [0.15, 0.2) is 0 Å². The maximum absolute atomic E-state index is 4.79. The molecule has 0 radical (unpaired) electrons. The van der Waals surface area contributed by atoms with E-state index in [9.17, 15) is 0 Å². The van der Waals surface area contributed by atoms with Crippen molar-refractivity contribution in [3.8, 4) is 0 Å². The molecule has 1 aromatic carbocycles. The largest absolute Gasteiger partial charge is 0.302 e. The lowest BCUT2D eigenvalue weighted by atomic mass is 9.93. The van der Waals surface area contributed by atoms with Gasteiger partial charge in [-0.15, -0.1) is 0 Å². The van der Waals surface area contributed by atoms with Gasteiger partial charge in [0.05, 0.1) is 0 Å². The molecule has 0 aliphatic carbocycles. The molecule has 3 heterocycles. The van der Waals surface area contributed by atoms with Crippen LogP contribution < -0.4 is 0 Å². The summed E-state index contributed by atoms with van der Waals surface area (Å²) in [6.07, 6.45) is 2.21. The number of rotatable bonds is 3. The zero-order valence-corrected chi connectivity index (χ0v) is 11.6. The first-order chi connectivity index (χ1) is 9.38. The highest BCUT2D eigenvalue weighted by atomic mass is 32.1. The van der Waals surface area contributed by atoms with Crippen molar-refractivity contribution in [2.24, 2.45) is 5.92 Å². The summed E-state index contributed by atoms with van der Waals surface area (Å²) in [6, 6.07) is 10.5. The maximum atomic E-state index is 4.79. The molecule has 0 spiro atoms. The third kappa shape index (κ3) is 2.19. The maximum Gasteiger partial charge on any atom is 0.146 e. The average molecular weight is 271 g/mol. The quantitative estimate of drug-likeness (QED) is 0.859. The summed E-state index contributed by atoms with van der Waals surface area (Å²) in [4.78, 5) is 7.35. The molecule has 0 amide bonds. The molecule has 3 atom stereocenters. The van der Waals surface area contributed by atoms with Crippen molar-refractivity contribution in [1.82, 2.24) is 14.3 Å². The number of hydrogen-bond acceptors (Lipinski definition) is 4. The Morgan fingerprint density at radius 3 is 2.84 bits per heavy atom. The summed E-state index contributed by atoms with van der Waals surface area (Å²) in [5.74, 6) is 2.47. The van der Waals surface area contributed by atoms with Crippen LogP contribution in [-0.2, 0) is 6.42 Å². The van der Waals surface area contributed by atoms with Gasteiger partial charge in [0.1, 0.15) is 10.8 Å². The minimum absolute atomic E-state index is 0.649. The molecular weight excluding hydrogens is 254 g/mol. The summed E-state index contributed by atoms with van der Waals surface area (Å²) in [6.45, 7) is 3.76. The van der Waals surface area contributed by atoms with Gasteiger partial charge in [0, 0.05) is 25.4 Å². The van der Waals surface area contributed by atoms with Crippen LogP contribution in [0.1, 0.15) is 28.7 Å². The fourth-order valence-electron chi connectivity index (χ4n) is 3.33. The first-order valence-corrected chi connectivity index (χ1v) is 7.74. The Morgan fingerprint density at radius 2 is 2.11 bits per heavy atom. The van der Waals surface area contributed by atoms with Gasteiger partial charge in [-0.2, -0.15) is 4.37 Å². The SMILES string of the molecule is c1ccc(Cc2nsc([C@H]3CN4CCC3C4)n2)cc1. The molecule has 0 N–H and O–H groups in total. The first kappa shape index (κ1) is 11.6. The molecule has 98 valence electrons. The standard InChI is InChI=1S/C15H17N3S/c1-2-4-11(5-3-1)8-14-16-15(19-17-14)13-10-18-7-6-12(13)9-18/h1-5,12-13H,6-10H2/t12?,13-/m0/s1. The Balaban J connectivity index is 1.51. The summed E-state index contributed by atoms with van der Waals surface area (Å²) >= 11 is 1.62. The van der Waals surface area contributed by atoms with Gasteiger partial charge < -0.3 is 4.90 Å². The minimum Gasteiger partial charge on any atom is -0.302 e. The van der Waals surface area contributed by atoms with Crippen molar-refractivity contribution in [3.05, 3.63) is 46.7 Å². The minimum atomic E-state index is 0.649. The van der Waals surface area contributed by atoms with Gasteiger partial charge in [-0.1, -0.05) is 30.3 Å². The molecule has 2 aromatic rings. The van der Waals surface area contributed by atoms with Crippen LogP contribution in [0.25, 0.3) is 0 Å². The van der Waals surface area contributed by atoms with Crippen LogP contribution >= 0.6 is 11.5 Å². The number of nitrogens with zero attached hydrogens (tertiary/aromatic N) is 3. The fourth-order valence-corrected chi connectivity index (χ4v) is 4.19. The first-order valence-electron chi connectivity index (χ1n) is 6.97. The van der Waals surface area contributed by atoms with Crippen molar-refractivity contribution in [2.45, 2.75) is 18.8 Å². The highest BCUT2D eigenvalue weighted by Gasteiger charge is 2.40. The average Bonchev–Trinajstić information content (AvgIpc) is 3.15. The van der Waals surface area contributed by atoms with Crippen LogP contribution in [0.5, 0.6) is 0 Å². The van der Waals surface area contributed by atoms with Gasteiger partial charge in [-0.05, 0) is 36.0 Å². The predicted molar refractivity (Wildman–Crippen MR) is 76.4 cm³/mol. The van der Waals surface area contributed by atoms with Crippen molar-refractivity contribution in [1.29, 1.82) is 0 Å². The Bertz CT molecular complexity index is 566. The Morgan fingerprint density at radius 1 is 1.21 bits per heavy atom. The predicted octanol–water partition coefficient (Wildman–Crippen LogP) is 2.55. The zero-order valence-electron chi connectivity index (χ0n) is 10.8. The van der Waals surface area contributed by atoms with Crippen LogP contribution in [0.15, 0.2) is 30.3 Å². The van der Waals surface area contributed by atoms with Crippen molar-refractivity contribution in [2.75, 3.05) is 19.6 Å². The van der Waals surface area contributed by atoms with E-state index < -0.39 is 0 Å². The van der Waals surface area contributed by atoms with Crippen molar-refractivity contribution in [3.63, 3.8) is 0 Å². The summed E-state index contributed by atoms with van der Waals surface area (Å²) in [5.41, 5.74) is 1.29. The molecule has 2 bridgehead atoms. The van der Waals surface area contributed by atoms with E-state index in [0.29, 0.717) is 5.92 Å². The van der Waals surface area contributed by atoms with Gasteiger partial charge in [0.25, 0.3) is 0 Å². The van der Waals surface area contributed by atoms with Gasteiger partial charge in [-0.3, -0.25) is 0 Å². The molecule has 3 nitrogen and oxygen atoms in total. The molecule has 2 aliphatic rings. The second-order valence-corrected chi connectivity index (χ2v) is 6.41. The smallest absolute Gasteiger partial charge is 0.146 e. The molecule has 4 heteroatoms. The second kappa shape index (κ2) is 4.69. The van der Waals surface area contributed by atoms with E-state index in [1.807, 2.05) is 6.07 Å². The molecule has 0 saturated carbocycles. The highest BCUT2D eigenvalue weighted by molar-refractivity contribution is 7.05. The normalized spacial score (nSPS) is 28.9. The number of piperidine rings is 1. The summed E-state index contributed by atoms with van der Waals surface area (Å²) < 4.78 is 4.55. The number of fused-ring (bicyclic) bond motifs is 2. The van der Waals surface area contributed by atoms with Crippen LogP contribution in [0.3, 0.4) is 0 Å². The molecule has 1 aromatic heterocycles. The van der Waals surface area contributed by atoms with Gasteiger partial charge >= 0.3 is 0 Å². The van der Waals surface area contributed by atoms with Crippen LogP contribution in [0.4, 0.5) is 0 Å². The third-order valence-corrected chi connectivity index (χ3v) is 5.22. The number of benzene rings is 1. The van der Waals surface area contributed by atoms with Gasteiger partial charge in [0.2, 0.25) is 0 Å². The lowest BCUT2D eigenvalue weighted by molar-refractivity contribution is 0.346. The number of aromatic nitrogens is 2. The van der Waals surface area contributed by atoms with E-state index in [-0.39, 0.29) is 0 Å². The lowest BCUT2D eigenvalue weighted by Gasteiger charge is -2.19. The Labute approximate surface area is 117 Å². The summed E-state index contributed by atoms with van der Waals surface area (Å²) in [7, 11) is 0. The van der Waals surface area contributed by atoms with Crippen molar-refractivity contribution < 1.29 is 0 Å². The van der Waals surface area contributed by atoms with Crippen molar-refractivity contribution >= 4 is 11.5 Å². The topological polar surface area (TPSA) is 29.0 Å². The Kier molecular flexibility index (Phi) is 2.85. The van der Waals surface area contributed by atoms with E-state index in [1.165, 1.54) is 36.6 Å². The van der Waals surface area contributed by atoms with E-state index in [0.717, 1.165) is 18.2 Å². The van der Waals surface area contributed by atoms with Crippen LogP contribution in [0.2, 0.25) is 0 Å². The molecule has 2 saturated heterocycles. The fraction of sp³-hybridized carbons (Fsp3) is 0.467. The Hall–Kier alpha value is -1.26. The summed E-state index contributed by atoms with van der Waals surface area (Å²) in [5, 5.41) is 1.26. The number of hydrogen-bond donors (Lipinski definition) is 0. The van der Waals surface area contributed by atoms with E-state index >= 15 is 0 Å². The van der Waals surface area contributed by atoms with Crippen LogP contribution in [0, 0.1) is 5.92 Å². The molecule has 2 aliphatic heterocycles. The second-order valence-electron chi connectivity index (χ2n) is 5.63. The molecule has 2 fully saturated rings. The monoisotopic (exact) mass is 271 g/mol. The molecule has 19 heavy (non-hydrogen) atoms. The van der Waals surface area contributed by atoms with E-state index in [2.05, 4.69) is 33.5 Å². The molecule has 2 unspecified atom stereocenters. The molecular formula is C15H17N3S. The lowest BCUT2D eigenvalue weighted by Crippen LogP contribution is -2.22. The zero-order chi connectivity index (χ0) is 12.7. The van der Waals surface area contributed by atoms with E-state index in [1.54, 1.807) is 11.5 Å². The van der Waals surface area contributed by atoms with Crippen LogP contribution in [-0.4, -0.2) is 33.9 Å². The third-order valence-electron chi connectivity index (χ3n) is 4.34. The van der Waals surface area contributed by atoms with Gasteiger partial charge in [-0.25, -0.2) is 4.98 Å². The molecule has 4 rings (SSSR count). The highest BCUT2D eigenvalue weighted by Crippen LogP contribution is 2.40.